The first-order valence-corrected chi connectivity index (χ1v) is 11.4. The average Bonchev–Trinajstić information content (AvgIpc) is 2.77. The number of aryl methyl sites for hydroxylation is 2. The van der Waals surface area contributed by atoms with Crippen molar-refractivity contribution < 1.29 is 23.0 Å². The molecule has 0 spiro atoms. The van der Waals surface area contributed by atoms with Gasteiger partial charge in [-0.2, -0.15) is 0 Å². The number of para-hydroxylation sites is 3. The molecule has 3 rings (SSSR count). The van der Waals surface area contributed by atoms with E-state index in [9.17, 15) is 13.5 Å². The molecule has 3 aromatic rings. The van der Waals surface area contributed by atoms with Crippen LogP contribution in [0.1, 0.15) is 11.1 Å². The second kappa shape index (κ2) is 9.85. The smallest absolute Gasteiger partial charge is 0.264 e. The predicted molar refractivity (Wildman–Crippen MR) is 121 cm³/mol. The first-order valence-electron chi connectivity index (χ1n) is 9.92. The van der Waals surface area contributed by atoms with E-state index >= 15 is 0 Å². The molecule has 0 amide bonds. The fourth-order valence-electron chi connectivity index (χ4n) is 3.33. The number of rotatable bonds is 9. The molecule has 0 heterocycles. The van der Waals surface area contributed by atoms with Gasteiger partial charge in [0.2, 0.25) is 0 Å². The third kappa shape index (κ3) is 5.18. The molecule has 1 unspecified atom stereocenters. The lowest BCUT2D eigenvalue weighted by molar-refractivity contribution is 0.114. The minimum absolute atomic E-state index is 0.0539. The van der Waals surface area contributed by atoms with E-state index in [2.05, 4.69) is 0 Å². The molecule has 3 aromatic carbocycles. The van der Waals surface area contributed by atoms with E-state index in [1.54, 1.807) is 42.5 Å². The summed E-state index contributed by atoms with van der Waals surface area (Å²) in [5.74, 6) is 1.08. The van der Waals surface area contributed by atoms with Crippen molar-refractivity contribution in [1.82, 2.24) is 0 Å². The number of methoxy groups -OCH3 is 1. The molecule has 0 radical (unpaired) electrons. The summed E-state index contributed by atoms with van der Waals surface area (Å²) in [7, 11) is -2.46. The molecule has 0 fully saturated rings. The maximum atomic E-state index is 13.4. The van der Waals surface area contributed by atoms with Gasteiger partial charge >= 0.3 is 0 Å². The number of anilines is 1. The molecule has 1 N–H and O–H groups in total. The fraction of sp³-hybridized carbons (Fsp3) is 0.250. The van der Waals surface area contributed by atoms with Crippen molar-refractivity contribution in [3.05, 3.63) is 83.9 Å². The summed E-state index contributed by atoms with van der Waals surface area (Å²) in [6.45, 7) is 3.61. The number of ether oxygens (including phenoxy) is 2. The fourth-order valence-corrected chi connectivity index (χ4v) is 4.87. The van der Waals surface area contributed by atoms with Crippen LogP contribution in [0.3, 0.4) is 0 Å². The topological polar surface area (TPSA) is 76.1 Å². The molecular weight excluding hydrogens is 414 g/mol. The van der Waals surface area contributed by atoms with E-state index in [0.717, 1.165) is 11.1 Å². The quantitative estimate of drug-likeness (QED) is 0.544. The zero-order valence-electron chi connectivity index (χ0n) is 17.9. The summed E-state index contributed by atoms with van der Waals surface area (Å²) in [4.78, 5) is 0.128. The summed E-state index contributed by atoms with van der Waals surface area (Å²) >= 11 is 0. The first kappa shape index (κ1) is 22.7. The Labute approximate surface area is 183 Å². The van der Waals surface area contributed by atoms with Crippen molar-refractivity contribution in [2.75, 3.05) is 24.6 Å². The SMILES string of the molecule is COc1ccccc1N(CC(O)COc1c(C)cccc1C)S(=O)(=O)c1ccccc1. The lowest BCUT2D eigenvalue weighted by atomic mass is 10.1. The summed E-state index contributed by atoms with van der Waals surface area (Å²) in [6, 6.07) is 20.7. The Morgan fingerprint density at radius 3 is 2.16 bits per heavy atom. The van der Waals surface area contributed by atoms with Crippen LogP contribution in [0.2, 0.25) is 0 Å². The van der Waals surface area contributed by atoms with Crippen LogP contribution < -0.4 is 13.8 Å². The van der Waals surface area contributed by atoms with E-state index < -0.39 is 16.1 Å². The third-order valence-corrected chi connectivity index (χ3v) is 6.68. The molecule has 0 aliphatic carbocycles. The van der Waals surface area contributed by atoms with Crippen LogP contribution in [0.5, 0.6) is 11.5 Å². The molecule has 0 aromatic heterocycles. The van der Waals surface area contributed by atoms with Crippen molar-refractivity contribution in [2.45, 2.75) is 24.8 Å². The van der Waals surface area contributed by atoms with E-state index in [0.29, 0.717) is 17.2 Å². The van der Waals surface area contributed by atoms with Crippen molar-refractivity contribution >= 4 is 15.7 Å². The normalized spacial score (nSPS) is 12.3. The highest BCUT2D eigenvalue weighted by atomic mass is 32.2. The molecule has 0 bridgehead atoms. The minimum atomic E-state index is -3.94. The Balaban J connectivity index is 1.90. The van der Waals surface area contributed by atoms with Gasteiger partial charge in [0.1, 0.15) is 24.2 Å². The Kier molecular flexibility index (Phi) is 7.20. The second-order valence-electron chi connectivity index (χ2n) is 7.21. The molecule has 31 heavy (non-hydrogen) atoms. The summed E-state index contributed by atoms with van der Waals surface area (Å²) < 4.78 is 39.3. The standard InChI is InChI=1S/C24H27NO5S/c1-18-10-9-11-19(2)24(18)30-17-20(26)16-25(22-14-7-8-15-23(22)29-3)31(27,28)21-12-5-4-6-13-21/h4-15,20,26H,16-17H2,1-3H3. The van der Waals surface area contributed by atoms with Crippen LogP contribution in [0.25, 0.3) is 0 Å². The van der Waals surface area contributed by atoms with Gasteiger partial charge in [-0.1, -0.05) is 48.5 Å². The van der Waals surface area contributed by atoms with Crippen LogP contribution in [0.15, 0.2) is 77.7 Å². The number of aliphatic hydroxyl groups is 1. The van der Waals surface area contributed by atoms with Crippen molar-refractivity contribution in [2.24, 2.45) is 0 Å². The molecule has 0 saturated heterocycles. The number of sulfonamides is 1. The number of nitrogens with zero attached hydrogens (tertiary/aromatic N) is 1. The molecule has 0 aliphatic rings. The van der Waals surface area contributed by atoms with Gasteiger partial charge in [0.25, 0.3) is 10.0 Å². The highest BCUT2D eigenvalue weighted by molar-refractivity contribution is 7.92. The van der Waals surface area contributed by atoms with Crippen molar-refractivity contribution in [3.63, 3.8) is 0 Å². The Hall–Kier alpha value is -3.03. The van der Waals surface area contributed by atoms with Crippen LogP contribution in [0, 0.1) is 13.8 Å². The monoisotopic (exact) mass is 441 g/mol. The summed E-state index contributed by atoms with van der Waals surface area (Å²) in [5.41, 5.74) is 2.25. The van der Waals surface area contributed by atoms with Crippen LogP contribution in [-0.2, 0) is 10.0 Å². The van der Waals surface area contributed by atoms with E-state index in [4.69, 9.17) is 9.47 Å². The van der Waals surface area contributed by atoms with Gasteiger partial charge in [0, 0.05) is 0 Å². The van der Waals surface area contributed by atoms with Gasteiger partial charge in [-0.15, -0.1) is 0 Å². The molecule has 0 saturated carbocycles. The van der Waals surface area contributed by atoms with Crippen LogP contribution in [-0.4, -0.2) is 39.9 Å². The molecule has 1 atom stereocenters. The zero-order chi connectivity index (χ0) is 22.4. The van der Waals surface area contributed by atoms with Gasteiger partial charge in [0.05, 0.1) is 24.2 Å². The molecule has 7 heteroatoms. The molecule has 0 aliphatic heterocycles. The molecule has 6 nitrogen and oxygen atoms in total. The van der Waals surface area contributed by atoms with Crippen molar-refractivity contribution in [3.8, 4) is 11.5 Å². The van der Waals surface area contributed by atoms with Gasteiger partial charge < -0.3 is 14.6 Å². The van der Waals surface area contributed by atoms with Crippen molar-refractivity contribution in [1.29, 1.82) is 0 Å². The lowest BCUT2D eigenvalue weighted by Crippen LogP contribution is -2.40. The molecular formula is C24H27NO5S. The third-order valence-electron chi connectivity index (χ3n) is 4.89. The highest BCUT2D eigenvalue weighted by Gasteiger charge is 2.29. The number of hydrogen-bond donors (Lipinski definition) is 1. The van der Waals surface area contributed by atoms with Gasteiger partial charge in [-0.25, -0.2) is 8.42 Å². The van der Waals surface area contributed by atoms with Gasteiger partial charge in [-0.3, -0.25) is 4.31 Å². The number of hydrogen-bond acceptors (Lipinski definition) is 5. The average molecular weight is 442 g/mol. The largest absolute Gasteiger partial charge is 0.495 e. The first-order chi connectivity index (χ1) is 14.8. The number of aliphatic hydroxyl groups excluding tert-OH is 1. The highest BCUT2D eigenvalue weighted by Crippen LogP contribution is 2.32. The van der Waals surface area contributed by atoms with E-state index in [1.807, 2.05) is 32.0 Å². The maximum absolute atomic E-state index is 13.4. The summed E-state index contributed by atoms with van der Waals surface area (Å²) in [6.07, 6.45) is -1.07. The number of benzene rings is 3. The summed E-state index contributed by atoms with van der Waals surface area (Å²) in [5, 5.41) is 10.7. The Morgan fingerprint density at radius 1 is 0.903 bits per heavy atom. The van der Waals surface area contributed by atoms with Crippen LogP contribution >= 0.6 is 0 Å². The Morgan fingerprint density at radius 2 is 1.52 bits per heavy atom. The van der Waals surface area contributed by atoms with Gasteiger partial charge in [-0.05, 0) is 49.2 Å². The lowest BCUT2D eigenvalue weighted by Gasteiger charge is -2.28. The molecule has 164 valence electrons. The minimum Gasteiger partial charge on any atom is -0.495 e. The predicted octanol–water partition coefficient (Wildman–Crippen LogP) is 3.95. The Bertz CT molecular complexity index is 1100. The zero-order valence-corrected chi connectivity index (χ0v) is 18.7. The van der Waals surface area contributed by atoms with Gasteiger partial charge in [0.15, 0.2) is 0 Å². The van der Waals surface area contributed by atoms with E-state index in [-0.39, 0.29) is 18.0 Å². The van der Waals surface area contributed by atoms with Crippen LogP contribution in [0.4, 0.5) is 5.69 Å². The van der Waals surface area contributed by atoms with E-state index in [1.165, 1.54) is 23.5 Å². The maximum Gasteiger partial charge on any atom is 0.264 e. The second-order valence-corrected chi connectivity index (χ2v) is 9.07.